The number of rotatable bonds is 11. The van der Waals surface area contributed by atoms with Crippen molar-refractivity contribution in [1.82, 2.24) is 25.7 Å². The Balaban J connectivity index is 0.00000420. The van der Waals surface area contributed by atoms with Gasteiger partial charge in [0.25, 0.3) is 0 Å². The zero-order valence-electron chi connectivity index (χ0n) is 23.4. The van der Waals surface area contributed by atoms with Gasteiger partial charge in [-0.1, -0.05) is 43.3 Å². The van der Waals surface area contributed by atoms with Gasteiger partial charge in [-0.2, -0.15) is 4.98 Å². The molecular formula is C29H39ClN6O3. The maximum Gasteiger partial charge on any atom is 0.242 e. The average Bonchev–Trinajstić information content (AvgIpc) is 3.52. The number of hydrogen-bond acceptors (Lipinski definition) is 7. The maximum absolute atomic E-state index is 13.5. The van der Waals surface area contributed by atoms with Crippen LogP contribution in [0.4, 0.5) is 5.69 Å². The number of fused-ring (bicyclic) bond motifs is 1. The Bertz CT molecular complexity index is 1250. The van der Waals surface area contributed by atoms with Crippen LogP contribution in [0.2, 0.25) is 0 Å². The van der Waals surface area contributed by atoms with Crippen LogP contribution in [0.25, 0.3) is 11.4 Å². The number of nitrogens with one attached hydrogen (secondary N) is 2. The summed E-state index contributed by atoms with van der Waals surface area (Å²) in [6.45, 7) is 9.23. The van der Waals surface area contributed by atoms with Crippen LogP contribution in [-0.4, -0.2) is 72.2 Å². The predicted molar refractivity (Wildman–Crippen MR) is 155 cm³/mol. The second-order valence-corrected chi connectivity index (χ2v) is 10.3. The van der Waals surface area contributed by atoms with E-state index in [1.165, 1.54) is 11.1 Å². The number of benzene rings is 2. The van der Waals surface area contributed by atoms with Crippen LogP contribution in [0, 0.1) is 13.8 Å². The number of amides is 2. The highest BCUT2D eigenvalue weighted by Gasteiger charge is 2.29. The van der Waals surface area contributed by atoms with Gasteiger partial charge in [-0.25, -0.2) is 0 Å². The molecule has 1 heterocycles. The summed E-state index contributed by atoms with van der Waals surface area (Å²) in [5.74, 6) is 0.858. The normalized spacial score (nSPS) is 12.7. The number of aryl methyl sites for hydroxylation is 2. The highest BCUT2D eigenvalue weighted by Crippen LogP contribution is 2.27. The molecule has 2 amide bonds. The molecule has 0 saturated heterocycles. The number of halogens is 1. The van der Waals surface area contributed by atoms with Crippen molar-refractivity contribution in [3.05, 3.63) is 65.0 Å². The Morgan fingerprint density at radius 1 is 1.05 bits per heavy atom. The lowest BCUT2D eigenvalue weighted by Crippen LogP contribution is -2.47. The van der Waals surface area contributed by atoms with E-state index in [9.17, 15) is 9.59 Å². The molecule has 10 heteroatoms. The van der Waals surface area contributed by atoms with Gasteiger partial charge >= 0.3 is 0 Å². The first kappa shape index (κ1) is 30.1. The Morgan fingerprint density at radius 2 is 1.74 bits per heavy atom. The van der Waals surface area contributed by atoms with Gasteiger partial charge < -0.3 is 25.0 Å². The molecule has 39 heavy (non-hydrogen) atoms. The first-order chi connectivity index (χ1) is 18.2. The molecule has 1 aliphatic rings. The van der Waals surface area contributed by atoms with Crippen molar-refractivity contribution < 1.29 is 14.1 Å². The van der Waals surface area contributed by atoms with Gasteiger partial charge in [0.1, 0.15) is 0 Å². The molecule has 0 radical (unpaired) electrons. The van der Waals surface area contributed by atoms with E-state index in [0.29, 0.717) is 30.8 Å². The van der Waals surface area contributed by atoms with Gasteiger partial charge in [-0.05, 0) is 54.7 Å². The largest absolute Gasteiger partial charge is 0.353 e. The van der Waals surface area contributed by atoms with Crippen LogP contribution in [-0.2, 0) is 22.4 Å². The summed E-state index contributed by atoms with van der Waals surface area (Å²) in [5.41, 5.74) is 5.15. The van der Waals surface area contributed by atoms with Gasteiger partial charge in [0.15, 0.2) is 0 Å². The van der Waals surface area contributed by atoms with Crippen LogP contribution < -0.4 is 15.5 Å². The van der Waals surface area contributed by atoms with Crippen molar-refractivity contribution in [2.75, 3.05) is 38.1 Å². The third-order valence-electron chi connectivity index (χ3n) is 6.95. The van der Waals surface area contributed by atoms with E-state index in [-0.39, 0.29) is 43.4 Å². The van der Waals surface area contributed by atoms with Crippen LogP contribution in [0.3, 0.4) is 0 Å². The summed E-state index contributed by atoms with van der Waals surface area (Å²) in [5, 5.41) is 10.3. The molecule has 1 aromatic heterocycles. The number of carbonyl (C=O) groups excluding carboxylic acids is 2. The minimum Gasteiger partial charge on any atom is -0.353 e. The first-order valence-corrected chi connectivity index (χ1v) is 13.2. The molecule has 2 N–H and O–H groups in total. The topological polar surface area (TPSA) is 104 Å². The molecule has 0 spiro atoms. The number of carbonyl (C=O) groups is 2. The molecule has 9 nitrogen and oxygen atoms in total. The molecule has 0 saturated carbocycles. The van der Waals surface area contributed by atoms with Gasteiger partial charge in [0.05, 0.1) is 13.1 Å². The Morgan fingerprint density at radius 3 is 2.33 bits per heavy atom. The van der Waals surface area contributed by atoms with Gasteiger partial charge in [-0.3, -0.25) is 9.59 Å². The lowest BCUT2D eigenvalue weighted by Gasteiger charge is -2.30. The molecule has 2 aromatic carbocycles. The molecule has 0 atom stereocenters. The fraction of sp³-hybridized carbons (Fsp3) is 0.448. The standard InChI is InChI=1S/C29H38N6O3.ClH/c1-19(2)30-12-13-31-27(36)17-35(26-11-10-24(14-20(26)3)29-32-21(4)38-33-29)18-28(37)34(5)25-15-22-8-6-7-9-23(22)16-25;/h6-11,14,19,25,30H,12-13,15-18H2,1-5H3,(H,31,36);1H. The summed E-state index contributed by atoms with van der Waals surface area (Å²) < 4.78 is 5.12. The number of likely N-dealkylation sites (N-methyl/N-ethyl adjacent to an activating group) is 1. The molecule has 0 aliphatic heterocycles. The highest BCUT2D eigenvalue weighted by atomic mass is 35.5. The lowest BCUT2D eigenvalue weighted by atomic mass is 10.1. The molecule has 4 rings (SSSR count). The molecule has 210 valence electrons. The second-order valence-electron chi connectivity index (χ2n) is 10.3. The number of hydrogen-bond donors (Lipinski definition) is 2. The van der Waals surface area contributed by atoms with Crippen molar-refractivity contribution in [2.45, 2.75) is 52.6 Å². The fourth-order valence-electron chi connectivity index (χ4n) is 4.87. The third-order valence-corrected chi connectivity index (χ3v) is 6.95. The smallest absolute Gasteiger partial charge is 0.242 e. The average molecular weight is 555 g/mol. The van der Waals surface area contributed by atoms with E-state index >= 15 is 0 Å². The molecule has 0 unspecified atom stereocenters. The zero-order chi connectivity index (χ0) is 27.2. The predicted octanol–water partition coefficient (Wildman–Crippen LogP) is 3.32. The van der Waals surface area contributed by atoms with Gasteiger partial charge in [-0.15, -0.1) is 12.4 Å². The molecule has 0 bridgehead atoms. The summed E-state index contributed by atoms with van der Waals surface area (Å²) in [4.78, 5) is 34.4. The van der Waals surface area contributed by atoms with E-state index in [4.69, 9.17) is 4.52 Å². The molecule has 0 fully saturated rings. The van der Waals surface area contributed by atoms with Crippen molar-refractivity contribution in [2.24, 2.45) is 0 Å². The number of aromatic nitrogens is 2. The molecule has 3 aromatic rings. The molecular weight excluding hydrogens is 516 g/mol. The zero-order valence-corrected chi connectivity index (χ0v) is 24.2. The Kier molecular flexibility index (Phi) is 10.5. The van der Waals surface area contributed by atoms with Crippen LogP contribution in [0.5, 0.6) is 0 Å². The van der Waals surface area contributed by atoms with E-state index in [1.54, 1.807) is 6.92 Å². The minimum absolute atomic E-state index is 0. The van der Waals surface area contributed by atoms with E-state index in [0.717, 1.165) is 29.7 Å². The van der Waals surface area contributed by atoms with E-state index < -0.39 is 0 Å². The van der Waals surface area contributed by atoms with Crippen molar-refractivity contribution in [3.8, 4) is 11.4 Å². The highest BCUT2D eigenvalue weighted by molar-refractivity contribution is 5.87. The second kappa shape index (κ2) is 13.6. The van der Waals surface area contributed by atoms with Crippen molar-refractivity contribution in [3.63, 3.8) is 0 Å². The summed E-state index contributed by atoms with van der Waals surface area (Å²) in [7, 11) is 1.86. The molecule has 1 aliphatic carbocycles. The van der Waals surface area contributed by atoms with Gasteiger partial charge in [0, 0.05) is 50.4 Å². The first-order valence-electron chi connectivity index (χ1n) is 13.2. The summed E-state index contributed by atoms with van der Waals surface area (Å²) >= 11 is 0. The van der Waals surface area contributed by atoms with E-state index in [1.807, 2.05) is 54.1 Å². The SMILES string of the molecule is Cc1nc(-c2ccc(N(CC(=O)NCCNC(C)C)CC(=O)N(C)C3Cc4ccccc4C3)c(C)c2)no1.Cl. The quantitative estimate of drug-likeness (QED) is 0.350. The Labute approximate surface area is 236 Å². The number of nitrogens with zero attached hydrogens (tertiary/aromatic N) is 4. The van der Waals surface area contributed by atoms with Crippen LogP contribution in [0.1, 0.15) is 36.4 Å². The maximum atomic E-state index is 13.5. The summed E-state index contributed by atoms with van der Waals surface area (Å²) in [6, 6.07) is 14.6. The summed E-state index contributed by atoms with van der Waals surface area (Å²) in [6.07, 6.45) is 1.69. The van der Waals surface area contributed by atoms with Crippen molar-refractivity contribution in [1.29, 1.82) is 0 Å². The fourth-order valence-corrected chi connectivity index (χ4v) is 4.87. The monoisotopic (exact) mass is 554 g/mol. The minimum atomic E-state index is -0.128. The third kappa shape index (κ3) is 7.80. The van der Waals surface area contributed by atoms with Crippen molar-refractivity contribution >= 4 is 29.9 Å². The van der Waals surface area contributed by atoms with Crippen LogP contribution >= 0.6 is 12.4 Å². The number of anilines is 1. The lowest BCUT2D eigenvalue weighted by molar-refractivity contribution is -0.130. The van der Waals surface area contributed by atoms with Crippen LogP contribution in [0.15, 0.2) is 47.0 Å². The van der Waals surface area contributed by atoms with E-state index in [2.05, 4.69) is 46.8 Å². The Hall–Kier alpha value is -3.43. The van der Waals surface area contributed by atoms with Gasteiger partial charge in [0.2, 0.25) is 23.5 Å².